The Balaban J connectivity index is 0.00000338. The number of guanidine groups is 1. The molecule has 0 radical (unpaired) electrons. The van der Waals surface area contributed by atoms with Crippen molar-refractivity contribution in [2.75, 3.05) is 46.3 Å². The van der Waals surface area contributed by atoms with E-state index in [1.807, 2.05) is 11.9 Å². The normalized spacial score (nSPS) is 25.2. The molecule has 2 rings (SSSR count). The number of amides is 1. The minimum absolute atomic E-state index is 0. The third kappa shape index (κ3) is 7.98. The molecule has 2 N–H and O–H groups in total. The highest BCUT2D eigenvalue weighted by Crippen LogP contribution is 2.18. The van der Waals surface area contributed by atoms with Gasteiger partial charge >= 0.3 is 0 Å². The van der Waals surface area contributed by atoms with Gasteiger partial charge in [0.2, 0.25) is 5.91 Å². The number of rotatable bonds is 6. The van der Waals surface area contributed by atoms with E-state index in [0.717, 1.165) is 37.9 Å². The highest BCUT2D eigenvalue weighted by atomic mass is 127. The number of carbonyl (C=O) groups is 1. The van der Waals surface area contributed by atoms with E-state index in [-0.39, 0.29) is 29.9 Å². The Bertz CT molecular complexity index is 457. The first-order valence-electron chi connectivity index (χ1n) is 9.99. The minimum Gasteiger partial charge on any atom is -0.357 e. The SMILES string of the molecule is CCNC(=NCC1CCCN(CC(C)C)C1)NC1CCC(=O)N(C)C1.I. The molecule has 2 unspecified atom stereocenters. The smallest absolute Gasteiger partial charge is 0.222 e. The van der Waals surface area contributed by atoms with E-state index in [1.54, 1.807) is 0 Å². The summed E-state index contributed by atoms with van der Waals surface area (Å²) in [5.74, 6) is 2.52. The van der Waals surface area contributed by atoms with Crippen LogP contribution in [-0.2, 0) is 4.79 Å². The third-order valence-corrected chi connectivity index (χ3v) is 5.05. The average Bonchev–Trinajstić information content (AvgIpc) is 2.56. The van der Waals surface area contributed by atoms with Crippen molar-refractivity contribution in [3.8, 4) is 0 Å². The number of halogens is 1. The standard InChI is InChI=1S/C19H37N5O.HI/c1-5-20-19(22-17-8-9-18(25)23(4)14-17)21-11-16-7-6-10-24(13-16)12-15(2)3;/h15-17H,5-14H2,1-4H3,(H2,20,21,22);1H. The Morgan fingerprint density at radius 1 is 1.31 bits per heavy atom. The van der Waals surface area contributed by atoms with Crippen molar-refractivity contribution in [1.82, 2.24) is 20.4 Å². The number of nitrogens with one attached hydrogen (secondary N) is 2. The van der Waals surface area contributed by atoms with E-state index in [2.05, 4.69) is 36.3 Å². The van der Waals surface area contributed by atoms with Gasteiger partial charge in [-0.15, -0.1) is 24.0 Å². The number of nitrogens with zero attached hydrogens (tertiary/aromatic N) is 3. The van der Waals surface area contributed by atoms with Crippen LogP contribution in [0.2, 0.25) is 0 Å². The summed E-state index contributed by atoms with van der Waals surface area (Å²) in [6.45, 7) is 12.8. The molecule has 0 saturated carbocycles. The van der Waals surface area contributed by atoms with Crippen molar-refractivity contribution < 1.29 is 4.79 Å². The van der Waals surface area contributed by atoms with Crippen LogP contribution >= 0.6 is 24.0 Å². The van der Waals surface area contributed by atoms with Crippen LogP contribution in [0.1, 0.15) is 46.5 Å². The van der Waals surface area contributed by atoms with E-state index < -0.39 is 0 Å². The number of aliphatic imine (C=N–C) groups is 1. The largest absolute Gasteiger partial charge is 0.357 e. The Hall–Kier alpha value is -0.570. The lowest BCUT2D eigenvalue weighted by molar-refractivity contribution is -0.132. The molecule has 2 saturated heterocycles. The van der Waals surface area contributed by atoms with Gasteiger partial charge in [-0.1, -0.05) is 13.8 Å². The molecular weight excluding hydrogens is 441 g/mol. The summed E-state index contributed by atoms with van der Waals surface area (Å²) >= 11 is 0. The van der Waals surface area contributed by atoms with Gasteiger partial charge < -0.3 is 20.4 Å². The highest BCUT2D eigenvalue weighted by molar-refractivity contribution is 14.0. The fourth-order valence-corrected chi connectivity index (χ4v) is 3.85. The molecular formula is C19H38IN5O. The molecule has 0 spiro atoms. The Kier molecular flexibility index (Phi) is 10.8. The maximum Gasteiger partial charge on any atom is 0.222 e. The highest BCUT2D eigenvalue weighted by Gasteiger charge is 2.24. The summed E-state index contributed by atoms with van der Waals surface area (Å²) in [5, 5.41) is 6.88. The van der Waals surface area contributed by atoms with E-state index in [0.29, 0.717) is 18.4 Å². The predicted molar refractivity (Wildman–Crippen MR) is 119 cm³/mol. The number of likely N-dealkylation sites (tertiary alicyclic amines) is 2. The van der Waals surface area contributed by atoms with Gasteiger partial charge in [-0.25, -0.2) is 0 Å². The molecule has 2 heterocycles. The van der Waals surface area contributed by atoms with Crippen LogP contribution in [0.15, 0.2) is 4.99 Å². The lowest BCUT2D eigenvalue weighted by Crippen LogP contribution is -2.51. The van der Waals surface area contributed by atoms with Crippen LogP contribution in [0, 0.1) is 11.8 Å². The van der Waals surface area contributed by atoms with Gasteiger partial charge in [-0.2, -0.15) is 0 Å². The lowest BCUT2D eigenvalue weighted by Gasteiger charge is -2.33. The second-order valence-corrected chi connectivity index (χ2v) is 8.04. The summed E-state index contributed by atoms with van der Waals surface area (Å²) in [6, 6.07) is 0.296. The van der Waals surface area contributed by atoms with Gasteiger partial charge in [0.15, 0.2) is 5.96 Å². The molecule has 2 aliphatic heterocycles. The molecule has 0 aromatic rings. The van der Waals surface area contributed by atoms with Gasteiger partial charge in [0.1, 0.15) is 0 Å². The number of hydrogen-bond acceptors (Lipinski definition) is 3. The summed E-state index contributed by atoms with van der Waals surface area (Å²) in [5.41, 5.74) is 0. The zero-order chi connectivity index (χ0) is 18.2. The second kappa shape index (κ2) is 12.0. The zero-order valence-corrected chi connectivity index (χ0v) is 19.3. The van der Waals surface area contributed by atoms with Crippen molar-refractivity contribution in [1.29, 1.82) is 0 Å². The monoisotopic (exact) mass is 479 g/mol. The van der Waals surface area contributed by atoms with Crippen LogP contribution in [0.25, 0.3) is 0 Å². The first-order chi connectivity index (χ1) is 12.0. The third-order valence-electron chi connectivity index (χ3n) is 5.05. The van der Waals surface area contributed by atoms with Crippen LogP contribution in [0.3, 0.4) is 0 Å². The topological polar surface area (TPSA) is 60.0 Å². The van der Waals surface area contributed by atoms with Crippen LogP contribution < -0.4 is 10.6 Å². The molecule has 2 atom stereocenters. The maximum absolute atomic E-state index is 11.6. The molecule has 0 bridgehead atoms. The van der Waals surface area contributed by atoms with Crippen molar-refractivity contribution in [3.05, 3.63) is 0 Å². The first-order valence-corrected chi connectivity index (χ1v) is 9.99. The van der Waals surface area contributed by atoms with Crippen molar-refractivity contribution in [2.45, 2.75) is 52.5 Å². The molecule has 0 aromatic heterocycles. The number of likely N-dealkylation sites (N-methyl/N-ethyl adjacent to an activating group) is 1. The van der Waals surface area contributed by atoms with Crippen molar-refractivity contribution >= 4 is 35.8 Å². The summed E-state index contributed by atoms with van der Waals surface area (Å²) < 4.78 is 0. The van der Waals surface area contributed by atoms with Gasteiger partial charge in [0, 0.05) is 52.2 Å². The number of carbonyl (C=O) groups excluding carboxylic acids is 1. The molecule has 7 heteroatoms. The molecule has 2 fully saturated rings. The van der Waals surface area contributed by atoms with Crippen LogP contribution in [0.5, 0.6) is 0 Å². The van der Waals surface area contributed by atoms with Gasteiger partial charge in [-0.05, 0) is 44.6 Å². The first kappa shape index (κ1) is 23.5. The van der Waals surface area contributed by atoms with Crippen molar-refractivity contribution in [2.24, 2.45) is 16.8 Å². The van der Waals surface area contributed by atoms with E-state index in [4.69, 9.17) is 4.99 Å². The van der Waals surface area contributed by atoms with Crippen LogP contribution in [0.4, 0.5) is 0 Å². The van der Waals surface area contributed by atoms with E-state index in [1.165, 1.54) is 32.5 Å². The second-order valence-electron chi connectivity index (χ2n) is 8.04. The molecule has 0 aromatic carbocycles. The Morgan fingerprint density at radius 2 is 2.08 bits per heavy atom. The fraction of sp³-hybridized carbons (Fsp3) is 0.895. The Labute approximate surface area is 176 Å². The quantitative estimate of drug-likeness (QED) is 0.348. The predicted octanol–water partition coefficient (Wildman–Crippen LogP) is 2.15. The van der Waals surface area contributed by atoms with Crippen LogP contribution in [-0.4, -0.2) is 74.0 Å². The Morgan fingerprint density at radius 3 is 2.73 bits per heavy atom. The van der Waals surface area contributed by atoms with E-state index >= 15 is 0 Å². The van der Waals surface area contributed by atoms with Gasteiger partial charge in [0.25, 0.3) is 0 Å². The van der Waals surface area contributed by atoms with Crippen molar-refractivity contribution in [3.63, 3.8) is 0 Å². The summed E-state index contributed by atoms with van der Waals surface area (Å²) in [7, 11) is 1.88. The van der Waals surface area contributed by atoms with Gasteiger partial charge in [0.05, 0.1) is 0 Å². The molecule has 0 aliphatic carbocycles. The molecule has 26 heavy (non-hydrogen) atoms. The van der Waals surface area contributed by atoms with Gasteiger partial charge in [-0.3, -0.25) is 9.79 Å². The molecule has 2 aliphatic rings. The average molecular weight is 479 g/mol. The summed E-state index contributed by atoms with van der Waals surface area (Å²) in [6.07, 6.45) is 4.07. The molecule has 1 amide bonds. The lowest BCUT2D eigenvalue weighted by atomic mass is 9.97. The molecule has 6 nitrogen and oxygen atoms in total. The number of piperidine rings is 2. The molecule has 152 valence electrons. The maximum atomic E-state index is 11.6. The summed E-state index contributed by atoms with van der Waals surface area (Å²) in [4.78, 5) is 20.9. The minimum atomic E-state index is 0. The number of hydrogen-bond donors (Lipinski definition) is 2. The zero-order valence-electron chi connectivity index (χ0n) is 17.0. The van der Waals surface area contributed by atoms with E-state index in [9.17, 15) is 4.79 Å². The fourth-order valence-electron chi connectivity index (χ4n) is 3.85.